The fourth-order valence-electron chi connectivity index (χ4n) is 1.36. The fraction of sp³-hybridized carbons (Fsp3) is 0.588. The van der Waals surface area contributed by atoms with Crippen LogP contribution in [0.5, 0.6) is 11.5 Å². The third-order valence-electron chi connectivity index (χ3n) is 3.72. The maximum atomic E-state index is 12.0. The van der Waals surface area contributed by atoms with Crippen LogP contribution in [-0.4, -0.2) is 11.6 Å². The molecule has 1 rings (SSSR count). The monoisotopic (exact) mass is 278 g/mol. The van der Waals surface area contributed by atoms with Crippen molar-refractivity contribution in [2.24, 2.45) is 5.41 Å². The molecule has 0 N–H and O–H groups in total. The maximum absolute atomic E-state index is 12.0. The molecule has 112 valence electrons. The molecule has 0 aliphatic carbocycles. The smallest absolute Gasteiger partial charge is 0.316 e. The zero-order valence-electron chi connectivity index (χ0n) is 13.4. The van der Waals surface area contributed by atoms with Crippen molar-refractivity contribution in [2.75, 3.05) is 0 Å². The molecule has 1 aromatic rings. The lowest BCUT2D eigenvalue weighted by Crippen LogP contribution is -2.28. The third kappa shape index (κ3) is 4.55. The van der Waals surface area contributed by atoms with E-state index in [9.17, 15) is 4.79 Å². The minimum atomic E-state index is -0.459. The molecule has 0 spiro atoms. The van der Waals surface area contributed by atoms with Crippen LogP contribution in [-0.2, 0) is 4.79 Å². The lowest BCUT2D eigenvalue weighted by Gasteiger charge is -2.25. The van der Waals surface area contributed by atoms with Crippen molar-refractivity contribution >= 4 is 5.97 Å². The minimum Gasteiger partial charge on any atom is -0.488 e. The number of hydrogen-bond donors (Lipinski definition) is 0. The van der Waals surface area contributed by atoms with E-state index in [1.165, 1.54) is 0 Å². The van der Waals surface area contributed by atoms with Gasteiger partial charge in [-0.05, 0) is 64.8 Å². The Balaban J connectivity index is 2.71. The summed E-state index contributed by atoms with van der Waals surface area (Å²) in [6, 6.07) is 7.20. The van der Waals surface area contributed by atoms with Crippen molar-refractivity contribution in [2.45, 2.75) is 60.0 Å². The molecule has 0 heterocycles. The van der Waals surface area contributed by atoms with Gasteiger partial charge in [0.2, 0.25) is 0 Å². The predicted molar refractivity (Wildman–Crippen MR) is 81.1 cm³/mol. The second-order valence-corrected chi connectivity index (χ2v) is 6.31. The number of carbonyl (C=O) groups is 1. The summed E-state index contributed by atoms with van der Waals surface area (Å²) in [7, 11) is 0. The molecule has 1 aromatic carbocycles. The molecule has 3 heteroatoms. The van der Waals surface area contributed by atoms with Gasteiger partial charge < -0.3 is 9.47 Å². The van der Waals surface area contributed by atoms with Crippen LogP contribution in [0.25, 0.3) is 0 Å². The lowest BCUT2D eigenvalue weighted by molar-refractivity contribution is -0.144. The van der Waals surface area contributed by atoms with Gasteiger partial charge in [-0.1, -0.05) is 13.8 Å². The van der Waals surface area contributed by atoms with E-state index in [1.807, 2.05) is 46.8 Å². The van der Waals surface area contributed by atoms with E-state index >= 15 is 0 Å². The van der Waals surface area contributed by atoms with E-state index in [1.54, 1.807) is 12.1 Å². The number of rotatable bonds is 6. The first-order valence-electron chi connectivity index (χ1n) is 7.21. The first-order chi connectivity index (χ1) is 9.20. The average Bonchev–Trinajstić information content (AvgIpc) is 2.40. The lowest BCUT2D eigenvalue weighted by atomic mass is 9.91. The second kappa shape index (κ2) is 6.29. The van der Waals surface area contributed by atoms with Crippen LogP contribution >= 0.6 is 0 Å². The Morgan fingerprint density at radius 2 is 1.45 bits per heavy atom. The summed E-state index contributed by atoms with van der Waals surface area (Å²) in [6.45, 7) is 11.9. The number of benzene rings is 1. The molecule has 0 saturated heterocycles. The molecule has 0 unspecified atom stereocenters. The molecule has 3 nitrogen and oxygen atoms in total. The summed E-state index contributed by atoms with van der Waals surface area (Å²) in [4.78, 5) is 12.0. The van der Waals surface area contributed by atoms with Gasteiger partial charge in [0, 0.05) is 0 Å². The number of esters is 1. The summed E-state index contributed by atoms with van der Waals surface area (Å²) in [5.41, 5.74) is -0.651. The van der Waals surface area contributed by atoms with Gasteiger partial charge >= 0.3 is 5.97 Å². The highest BCUT2D eigenvalue weighted by atomic mass is 16.5. The van der Waals surface area contributed by atoms with Crippen LogP contribution in [0.15, 0.2) is 24.3 Å². The molecule has 20 heavy (non-hydrogen) atoms. The molecular formula is C17H26O3. The van der Waals surface area contributed by atoms with Crippen molar-refractivity contribution in [1.29, 1.82) is 0 Å². The topological polar surface area (TPSA) is 35.5 Å². The predicted octanol–water partition coefficient (Wildman–Crippen LogP) is 4.60. The summed E-state index contributed by atoms with van der Waals surface area (Å²) >= 11 is 0. The van der Waals surface area contributed by atoms with Gasteiger partial charge in [-0.3, -0.25) is 4.79 Å². The molecule has 0 saturated carbocycles. The molecule has 0 atom stereocenters. The third-order valence-corrected chi connectivity index (χ3v) is 3.72. The zero-order chi connectivity index (χ0) is 15.4. The Hall–Kier alpha value is -1.51. The molecule has 0 radical (unpaired) electrons. The van der Waals surface area contributed by atoms with Crippen molar-refractivity contribution in [3.8, 4) is 11.5 Å². The van der Waals surface area contributed by atoms with Gasteiger partial charge in [-0.25, -0.2) is 0 Å². The standard InChI is InChI=1S/C17H26O3/c1-7-16(3,4)15(18)19-13-9-11-14(12-10-13)20-17(5,6)8-2/h9-12H,7-8H2,1-6H3. The van der Waals surface area contributed by atoms with Crippen LogP contribution in [0.3, 0.4) is 0 Å². The van der Waals surface area contributed by atoms with E-state index in [0.717, 1.165) is 18.6 Å². The van der Waals surface area contributed by atoms with Crippen molar-refractivity contribution in [3.63, 3.8) is 0 Å². The molecule has 0 aliphatic heterocycles. The normalized spacial score (nSPS) is 12.1. The summed E-state index contributed by atoms with van der Waals surface area (Å²) in [5.74, 6) is 1.13. The maximum Gasteiger partial charge on any atom is 0.316 e. The van der Waals surface area contributed by atoms with Crippen LogP contribution in [0.4, 0.5) is 0 Å². The highest BCUT2D eigenvalue weighted by Gasteiger charge is 2.27. The van der Waals surface area contributed by atoms with Gasteiger partial charge in [0.15, 0.2) is 0 Å². The van der Waals surface area contributed by atoms with Gasteiger partial charge in [0.1, 0.15) is 17.1 Å². The molecule has 0 fully saturated rings. The van der Waals surface area contributed by atoms with Crippen molar-refractivity contribution in [1.82, 2.24) is 0 Å². The van der Waals surface area contributed by atoms with Crippen LogP contribution in [0.2, 0.25) is 0 Å². The Labute approximate surface area is 122 Å². The van der Waals surface area contributed by atoms with Gasteiger partial charge in [0.25, 0.3) is 0 Å². The zero-order valence-corrected chi connectivity index (χ0v) is 13.4. The van der Waals surface area contributed by atoms with E-state index in [0.29, 0.717) is 5.75 Å². The second-order valence-electron chi connectivity index (χ2n) is 6.31. The SMILES string of the molecule is CCC(C)(C)Oc1ccc(OC(=O)C(C)(C)CC)cc1. The van der Waals surface area contributed by atoms with Crippen LogP contribution in [0.1, 0.15) is 54.4 Å². The molecular weight excluding hydrogens is 252 g/mol. The van der Waals surface area contributed by atoms with Gasteiger partial charge in [-0.2, -0.15) is 0 Å². The van der Waals surface area contributed by atoms with E-state index in [4.69, 9.17) is 9.47 Å². The molecule has 0 amide bonds. The van der Waals surface area contributed by atoms with E-state index in [-0.39, 0.29) is 11.6 Å². The summed E-state index contributed by atoms with van der Waals surface area (Å²) in [5, 5.41) is 0. The van der Waals surface area contributed by atoms with Crippen molar-refractivity contribution < 1.29 is 14.3 Å². The average molecular weight is 278 g/mol. The fourth-order valence-corrected chi connectivity index (χ4v) is 1.36. The highest BCUT2D eigenvalue weighted by molar-refractivity contribution is 5.78. The Morgan fingerprint density at radius 1 is 0.950 bits per heavy atom. The Kier molecular flexibility index (Phi) is 5.21. The number of carbonyl (C=O) groups excluding carboxylic acids is 1. The van der Waals surface area contributed by atoms with Gasteiger partial charge in [-0.15, -0.1) is 0 Å². The van der Waals surface area contributed by atoms with E-state index < -0.39 is 5.41 Å². The minimum absolute atomic E-state index is 0.192. The largest absolute Gasteiger partial charge is 0.488 e. The summed E-state index contributed by atoms with van der Waals surface area (Å²) in [6.07, 6.45) is 1.67. The first-order valence-corrected chi connectivity index (χ1v) is 7.21. The van der Waals surface area contributed by atoms with Crippen LogP contribution in [0, 0.1) is 5.41 Å². The van der Waals surface area contributed by atoms with E-state index in [2.05, 4.69) is 6.92 Å². The quantitative estimate of drug-likeness (QED) is 0.563. The van der Waals surface area contributed by atoms with Crippen LogP contribution < -0.4 is 9.47 Å². The molecule has 0 aliphatic rings. The van der Waals surface area contributed by atoms with Crippen molar-refractivity contribution in [3.05, 3.63) is 24.3 Å². The molecule has 0 bridgehead atoms. The first kappa shape index (κ1) is 16.5. The number of hydrogen-bond acceptors (Lipinski definition) is 3. The number of ether oxygens (including phenoxy) is 2. The Bertz CT molecular complexity index is 444. The van der Waals surface area contributed by atoms with Gasteiger partial charge in [0.05, 0.1) is 5.41 Å². The summed E-state index contributed by atoms with van der Waals surface area (Å²) < 4.78 is 11.2. The Morgan fingerprint density at radius 3 is 1.90 bits per heavy atom. The highest BCUT2D eigenvalue weighted by Crippen LogP contribution is 2.26. The molecule has 0 aromatic heterocycles.